The molecule has 0 radical (unpaired) electrons. The van der Waals surface area contributed by atoms with E-state index in [0.717, 1.165) is 0 Å². The van der Waals surface area contributed by atoms with E-state index in [1.54, 1.807) is 0 Å². The van der Waals surface area contributed by atoms with Crippen LogP contribution in [0.3, 0.4) is 0 Å². The molecule has 1 saturated heterocycles. The number of ketones is 1. The Morgan fingerprint density at radius 2 is 2.50 bits per heavy atom. The minimum absolute atomic E-state index is 0.0922. The van der Waals surface area contributed by atoms with E-state index in [1.165, 1.54) is 0 Å². The molecule has 1 unspecified atom stereocenters. The van der Waals surface area contributed by atoms with Crippen molar-refractivity contribution in [3.63, 3.8) is 0 Å². The van der Waals surface area contributed by atoms with Gasteiger partial charge in [0, 0.05) is 6.54 Å². The van der Waals surface area contributed by atoms with E-state index in [2.05, 4.69) is 5.32 Å². The third kappa shape index (κ3) is 1.33. The van der Waals surface area contributed by atoms with Gasteiger partial charge in [-0.25, -0.2) is 0 Å². The first-order chi connectivity index (χ1) is 4.74. The topological polar surface area (TPSA) is 49.4 Å². The molecule has 1 rings (SSSR count). The van der Waals surface area contributed by atoms with Crippen LogP contribution in [-0.2, 0) is 9.59 Å². The summed E-state index contributed by atoms with van der Waals surface area (Å²) in [4.78, 5) is 22.7. The number of carbonyl (C=O) groups excluding carboxylic acids is 2. The summed E-state index contributed by atoms with van der Waals surface area (Å²) in [6, 6.07) is -0.275. The Labute approximate surface area is 59.2 Å². The molecule has 1 heterocycles. The molecule has 1 N–H and O–H groups in total. The van der Waals surface area contributed by atoms with Crippen molar-refractivity contribution in [3.05, 3.63) is 0 Å². The Kier molecular flexibility index (Phi) is 2.01. The van der Waals surface area contributed by atoms with Gasteiger partial charge in [0.05, 0.1) is 6.54 Å². The zero-order valence-corrected chi connectivity index (χ0v) is 5.83. The number of hydrogen-bond acceptors (Lipinski definition) is 3. The van der Waals surface area contributed by atoms with Crippen molar-refractivity contribution in [2.75, 3.05) is 20.1 Å². The van der Waals surface area contributed by atoms with Gasteiger partial charge in [0.15, 0.2) is 5.78 Å². The molecule has 1 fully saturated rings. The maximum absolute atomic E-state index is 10.9. The second-order valence-corrected chi connectivity index (χ2v) is 2.50. The maximum Gasteiger partial charge on any atom is 0.207 e. The minimum atomic E-state index is -0.275. The number of Topliss-reactive ketones (excluding diaryl/α,β-unsaturated/α-hetero) is 1. The Morgan fingerprint density at radius 1 is 1.80 bits per heavy atom. The van der Waals surface area contributed by atoms with Crippen molar-refractivity contribution in [3.8, 4) is 0 Å². The molecule has 0 saturated carbocycles. The first-order valence-corrected chi connectivity index (χ1v) is 3.15. The number of carbonyl (C=O) groups is 2. The van der Waals surface area contributed by atoms with Gasteiger partial charge in [0.2, 0.25) is 6.41 Å². The molecule has 0 aromatic carbocycles. The summed E-state index contributed by atoms with van der Waals surface area (Å²) in [6.07, 6.45) is 0.571. The number of hydrogen-bond donors (Lipinski definition) is 1. The molecule has 1 aliphatic heterocycles. The highest BCUT2D eigenvalue weighted by atomic mass is 16.1. The van der Waals surface area contributed by atoms with Crippen LogP contribution >= 0.6 is 0 Å². The van der Waals surface area contributed by atoms with E-state index in [0.29, 0.717) is 19.5 Å². The average molecular weight is 142 g/mol. The molecule has 56 valence electrons. The largest absolute Gasteiger partial charge is 0.348 e. The van der Waals surface area contributed by atoms with Crippen LogP contribution in [0.1, 0.15) is 0 Å². The van der Waals surface area contributed by atoms with Gasteiger partial charge < -0.3 is 5.32 Å². The number of nitrogens with zero attached hydrogens (tertiary/aromatic N) is 1. The van der Waals surface area contributed by atoms with E-state index < -0.39 is 0 Å². The third-order valence-corrected chi connectivity index (χ3v) is 1.58. The highest BCUT2D eigenvalue weighted by Gasteiger charge is 2.27. The van der Waals surface area contributed by atoms with Crippen LogP contribution in [0.4, 0.5) is 0 Å². The molecule has 10 heavy (non-hydrogen) atoms. The van der Waals surface area contributed by atoms with Crippen LogP contribution in [0.2, 0.25) is 0 Å². The summed E-state index contributed by atoms with van der Waals surface area (Å²) in [5.41, 5.74) is 0. The van der Waals surface area contributed by atoms with E-state index in [4.69, 9.17) is 0 Å². The third-order valence-electron chi connectivity index (χ3n) is 1.58. The van der Waals surface area contributed by atoms with Crippen molar-refractivity contribution in [2.45, 2.75) is 6.04 Å². The first kappa shape index (κ1) is 7.21. The van der Waals surface area contributed by atoms with Crippen LogP contribution in [0.5, 0.6) is 0 Å². The summed E-state index contributed by atoms with van der Waals surface area (Å²) in [7, 11) is 1.85. The lowest BCUT2D eigenvalue weighted by Gasteiger charge is -2.05. The van der Waals surface area contributed by atoms with Gasteiger partial charge in [-0.1, -0.05) is 0 Å². The molecule has 0 spiro atoms. The van der Waals surface area contributed by atoms with E-state index in [-0.39, 0.29) is 11.8 Å². The van der Waals surface area contributed by atoms with Crippen LogP contribution in [0, 0.1) is 0 Å². The summed E-state index contributed by atoms with van der Waals surface area (Å²) in [5.74, 6) is 0.0922. The summed E-state index contributed by atoms with van der Waals surface area (Å²) in [6.45, 7) is 1.09. The molecule has 0 bridgehead atoms. The van der Waals surface area contributed by atoms with E-state index in [9.17, 15) is 9.59 Å². The maximum atomic E-state index is 10.9. The fraction of sp³-hybridized carbons (Fsp3) is 0.667. The molecule has 0 aromatic rings. The van der Waals surface area contributed by atoms with Crippen molar-refractivity contribution < 1.29 is 9.59 Å². The van der Waals surface area contributed by atoms with Crippen molar-refractivity contribution in [2.24, 2.45) is 0 Å². The van der Waals surface area contributed by atoms with Crippen molar-refractivity contribution in [1.29, 1.82) is 0 Å². The van der Waals surface area contributed by atoms with Crippen LogP contribution < -0.4 is 5.32 Å². The predicted molar refractivity (Wildman–Crippen MR) is 35.5 cm³/mol. The molecule has 4 heteroatoms. The Hall–Kier alpha value is -0.900. The van der Waals surface area contributed by atoms with E-state index in [1.807, 2.05) is 11.9 Å². The zero-order valence-electron chi connectivity index (χ0n) is 5.83. The number of likely N-dealkylation sites (tertiary alicyclic amines) is 1. The summed E-state index contributed by atoms with van der Waals surface area (Å²) < 4.78 is 0. The number of rotatable bonds is 2. The van der Waals surface area contributed by atoms with Crippen molar-refractivity contribution in [1.82, 2.24) is 10.2 Å². The van der Waals surface area contributed by atoms with Gasteiger partial charge in [0.1, 0.15) is 6.04 Å². The fourth-order valence-corrected chi connectivity index (χ4v) is 1.08. The minimum Gasteiger partial charge on any atom is -0.348 e. The van der Waals surface area contributed by atoms with Gasteiger partial charge >= 0.3 is 0 Å². The van der Waals surface area contributed by atoms with Gasteiger partial charge in [-0.15, -0.1) is 0 Å². The average Bonchev–Trinajstić information content (AvgIpc) is 2.13. The molecular formula is C6H10N2O2. The summed E-state index contributed by atoms with van der Waals surface area (Å²) >= 11 is 0. The van der Waals surface area contributed by atoms with Crippen LogP contribution in [-0.4, -0.2) is 43.3 Å². The van der Waals surface area contributed by atoms with Gasteiger partial charge in [0.25, 0.3) is 0 Å². The second kappa shape index (κ2) is 2.79. The molecule has 1 aliphatic rings. The molecule has 4 nitrogen and oxygen atoms in total. The normalized spacial score (nSPS) is 26.9. The first-order valence-electron chi connectivity index (χ1n) is 3.15. The molecule has 1 atom stereocenters. The standard InChI is InChI=1S/C6H10N2O2/c1-8-2-5(7-4-9)6(10)3-8/h4-5H,2-3H2,1H3,(H,7,9). The lowest BCUT2D eigenvalue weighted by atomic mass is 10.2. The zero-order chi connectivity index (χ0) is 7.56. The number of likely N-dealkylation sites (N-methyl/N-ethyl adjacent to an activating group) is 1. The quantitative estimate of drug-likeness (QED) is 0.483. The Morgan fingerprint density at radius 3 is 2.90 bits per heavy atom. The van der Waals surface area contributed by atoms with E-state index >= 15 is 0 Å². The molecule has 0 aromatic heterocycles. The molecule has 0 aliphatic carbocycles. The van der Waals surface area contributed by atoms with Crippen LogP contribution in [0.25, 0.3) is 0 Å². The lowest BCUT2D eigenvalue weighted by Crippen LogP contribution is -2.35. The van der Waals surface area contributed by atoms with Crippen LogP contribution in [0.15, 0.2) is 0 Å². The van der Waals surface area contributed by atoms with Crippen molar-refractivity contribution >= 4 is 12.2 Å². The molecular weight excluding hydrogens is 132 g/mol. The molecule has 1 amide bonds. The monoisotopic (exact) mass is 142 g/mol. The van der Waals surface area contributed by atoms with Gasteiger partial charge in [-0.05, 0) is 7.05 Å². The Balaban J connectivity index is 2.46. The highest BCUT2D eigenvalue weighted by Crippen LogP contribution is 2.00. The Bertz CT molecular complexity index is 158. The SMILES string of the molecule is CN1CC(=O)C(NC=O)C1. The fourth-order valence-electron chi connectivity index (χ4n) is 1.08. The van der Waals surface area contributed by atoms with Gasteiger partial charge in [-0.2, -0.15) is 0 Å². The lowest BCUT2D eigenvalue weighted by molar-refractivity contribution is -0.120. The predicted octanol–water partition coefficient (Wildman–Crippen LogP) is -1.38. The number of nitrogens with one attached hydrogen (secondary N) is 1. The second-order valence-electron chi connectivity index (χ2n) is 2.50. The van der Waals surface area contributed by atoms with Gasteiger partial charge in [-0.3, -0.25) is 14.5 Å². The summed E-state index contributed by atoms with van der Waals surface area (Å²) in [5, 5.41) is 2.45. The number of amides is 1. The smallest absolute Gasteiger partial charge is 0.207 e. The highest BCUT2D eigenvalue weighted by molar-refractivity contribution is 5.89.